The zero-order valence-electron chi connectivity index (χ0n) is 6.15. The Morgan fingerprint density at radius 3 is 2.11 bits per heavy atom. The van der Waals surface area contributed by atoms with Crippen LogP contribution >= 0.6 is 11.6 Å². The lowest BCUT2D eigenvalue weighted by Crippen LogP contribution is -2.30. The molecule has 54 valence electrons. The summed E-state index contributed by atoms with van der Waals surface area (Å²) in [6, 6.07) is 0. The largest absolute Gasteiger partial charge is 0.304 e. The molecule has 0 saturated heterocycles. The number of nitrogens with zero attached hydrogens (tertiary/aromatic N) is 1. The molecule has 2 heteroatoms. The molecule has 0 unspecified atom stereocenters. The van der Waals surface area contributed by atoms with Gasteiger partial charge in [0.25, 0.3) is 0 Å². The summed E-state index contributed by atoms with van der Waals surface area (Å²) in [6.45, 7) is 0. The van der Waals surface area contributed by atoms with Gasteiger partial charge in [0.2, 0.25) is 0 Å². The van der Waals surface area contributed by atoms with E-state index < -0.39 is 0 Å². The van der Waals surface area contributed by atoms with E-state index in [0.717, 1.165) is 12.3 Å². The molecular weight excluding hydrogens is 134 g/mol. The average Bonchev–Trinajstić information content (AvgIpc) is 2.49. The third-order valence-corrected chi connectivity index (χ3v) is 2.52. The Morgan fingerprint density at radius 2 is 2.00 bits per heavy atom. The number of alkyl halides is 1. The number of rotatable bonds is 3. The van der Waals surface area contributed by atoms with E-state index in [1.165, 1.54) is 12.8 Å². The molecule has 0 atom stereocenters. The van der Waals surface area contributed by atoms with Crippen LogP contribution in [0.1, 0.15) is 19.3 Å². The summed E-state index contributed by atoms with van der Waals surface area (Å²) in [5.74, 6) is 0.804. The molecule has 1 fully saturated rings. The third kappa shape index (κ3) is 1.39. The summed E-state index contributed by atoms with van der Waals surface area (Å²) < 4.78 is 0. The van der Waals surface area contributed by atoms with Crippen molar-refractivity contribution in [2.75, 3.05) is 20.0 Å². The van der Waals surface area contributed by atoms with Crippen molar-refractivity contribution >= 4 is 11.6 Å². The van der Waals surface area contributed by atoms with Crippen molar-refractivity contribution in [2.24, 2.45) is 0 Å². The zero-order chi connectivity index (χ0) is 6.91. The van der Waals surface area contributed by atoms with Gasteiger partial charge in [-0.3, -0.25) is 0 Å². The molecule has 0 aliphatic heterocycles. The maximum Gasteiger partial charge on any atom is 0.0241 e. The quantitative estimate of drug-likeness (QED) is 0.550. The molecule has 1 aliphatic rings. The van der Waals surface area contributed by atoms with E-state index in [1.54, 1.807) is 0 Å². The van der Waals surface area contributed by atoms with Crippen LogP contribution in [0.2, 0.25) is 0 Å². The molecule has 1 saturated carbocycles. The van der Waals surface area contributed by atoms with Gasteiger partial charge in [-0.05, 0) is 33.4 Å². The molecule has 0 aromatic carbocycles. The van der Waals surface area contributed by atoms with Gasteiger partial charge in [-0.25, -0.2) is 0 Å². The van der Waals surface area contributed by atoms with E-state index >= 15 is 0 Å². The molecule has 0 radical (unpaired) electrons. The first-order valence-corrected chi connectivity index (χ1v) is 3.98. The second-order valence-corrected chi connectivity index (χ2v) is 3.44. The van der Waals surface area contributed by atoms with Crippen molar-refractivity contribution in [2.45, 2.75) is 24.8 Å². The molecular formula is C7H14ClN. The van der Waals surface area contributed by atoms with E-state index in [-0.39, 0.29) is 0 Å². The standard InChI is InChI=1S/C7H14ClN/c1-9(2)7(3-4-7)5-6-8/h3-6H2,1-2H3. The van der Waals surface area contributed by atoms with Gasteiger partial charge in [-0.1, -0.05) is 0 Å². The van der Waals surface area contributed by atoms with Crippen LogP contribution in [0.5, 0.6) is 0 Å². The van der Waals surface area contributed by atoms with Crippen LogP contribution in [0.25, 0.3) is 0 Å². The van der Waals surface area contributed by atoms with Crippen molar-refractivity contribution < 1.29 is 0 Å². The predicted molar refractivity (Wildman–Crippen MR) is 41.0 cm³/mol. The molecule has 1 aliphatic carbocycles. The second kappa shape index (κ2) is 2.47. The minimum absolute atomic E-state index is 0.502. The highest BCUT2D eigenvalue weighted by Crippen LogP contribution is 2.43. The van der Waals surface area contributed by atoms with Gasteiger partial charge in [0.05, 0.1) is 0 Å². The van der Waals surface area contributed by atoms with Gasteiger partial charge in [0.1, 0.15) is 0 Å². The van der Waals surface area contributed by atoms with Crippen molar-refractivity contribution in [1.82, 2.24) is 4.90 Å². The molecule has 0 aromatic heterocycles. The fraction of sp³-hybridized carbons (Fsp3) is 1.00. The fourth-order valence-electron chi connectivity index (χ4n) is 1.24. The highest BCUT2D eigenvalue weighted by atomic mass is 35.5. The second-order valence-electron chi connectivity index (χ2n) is 3.06. The summed E-state index contributed by atoms with van der Waals surface area (Å²) in [6.07, 6.45) is 3.83. The average molecular weight is 148 g/mol. The lowest BCUT2D eigenvalue weighted by Gasteiger charge is -2.22. The Balaban J connectivity index is 2.33. The first kappa shape index (κ1) is 7.36. The van der Waals surface area contributed by atoms with E-state index in [9.17, 15) is 0 Å². The highest BCUT2D eigenvalue weighted by molar-refractivity contribution is 6.17. The van der Waals surface area contributed by atoms with Gasteiger partial charge < -0.3 is 4.90 Å². The summed E-state index contributed by atoms with van der Waals surface area (Å²) in [5, 5.41) is 0. The Morgan fingerprint density at radius 1 is 1.44 bits per heavy atom. The zero-order valence-corrected chi connectivity index (χ0v) is 6.91. The summed E-state index contributed by atoms with van der Waals surface area (Å²) in [4.78, 5) is 2.30. The molecule has 0 heterocycles. The topological polar surface area (TPSA) is 3.24 Å². The third-order valence-electron chi connectivity index (χ3n) is 2.34. The molecule has 0 aromatic rings. The normalized spacial score (nSPS) is 22.7. The summed E-state index contributed by atoms with van der Waals surface area (Å²) in [7, 11) is 4.28. The van der Waals surface area contributed by atoms with Crippen LogP contribution in [0.4, 0.5) is 0 Å². The van der Waals surface area contributed by atoms with Crippen LogP contribution in [-0.2, 0) is 0 Å². The molecule has 1 nitrogen and oxygen atoms in total. The SMILES string of the molecule is CN(C)C1(CCCl)CC1. The van der Waals surface area contributed by atoms with Crippen molar-refractivity contribution in [1.29, 1.82) is 0 Å². The van der Waals surface area contributed by atoms with E-state index in [4.69, 9.17) is 11.6 Å². The number of halogens is 1. The first-order valence-electron chi connectivity index (χ1n) is 3.45. The van der Waals surface area contributed by atoms with Gasteiger partial charge in [0, 0.05) is 11.4 Å². The summed E-state index contributed by atoms with van der Waals surface area (Å²) in [5.41, 5.74) is 0.502. The molecule has 0 amide bonds. The first-order chi connectivity index (χ1) is 4.21. The van der Waals surface area contributed by atoms with Crippen LogP contribution in [0.15, 0.2) is 0 Å². The van der Waals surface area contributed by atoms with Crippen LogP contribution < -0.4 is 0 Å². The molecule has 0 N–H and O–H groups in total. The van der Waals surface area contributed by atoms with E-state index in [1.807, 2.05) is 0 Å². The minimum Gasteiger partial charge on any atom is -0.304 e. The number of hydrogen-bond donors (Lipinski definition) is 0. The molecule has 0 bridgehead atoms. The van der Waals surface area contributed by atoms with E-state index in [2.05, 4.69) is 19.0 Å². The molecule has 0 spiro atoms. The Kier molecular flexibility index (Phi) is 2.02. The Bertz CT molecular complexity index is 97.1. The maximum absolute atomic E-state index is 5.64. The Hall–Kier alpha value is 0.250. The summed E-state index contributed by atoms with van der Waals surface area (Å²) >= 11 is 5.64. The van der Waals surface area contributed by atoms with Crippen LogP contribution in [0, 0.1) is 0 Å². The number of hydrogen-bond acceptors (Lipinski definition) is 1. The van der Waals surface area contributed by atoms with Gasteiger partial charge in [-0.15, -0.1) is 11.6 Å². The predicted octanol–water partition coefficient (Wildman–Crippen LogP) is 1.71. The van der Waals surface area contributed by atoms with E-state index in [0.29, 0.717) is 5.54 Å². The van der Waals surface area contributed by atoms with Crippen molar-refractivity contribution in [3.63, 3.8) is 0 Å². The Labute approximate surface area is 62.0 Å². The lowest BCUT2D eigenvalue weighted by molar-refractivity contribution is 0.265. The van der Waals surface area contributed by atoms with Crippen molar-refractivity contribution in [3.8, 4) is 0 Å². The smallest absolute Gasteiger partial charge is 0.0241 e. The monoisotopic (exact) mass is 147 g/mol. The van der Waals surface area contributed by atoms with Gasteiger partial charge in [0.15, 0.2) is 0 Å². The molecule has 1 rings (SSSR count). The highest BCUT2D eigenvalue weighted by Gasteiger charge is 2.43. The van der Waals surface area contributed by atoms with Gasteiger partial charge in [-0.2, -0.15) is 0 Å². The van der Waals surface area contributed by atoms with Crippen LogP contribution in [-0.4, -0.2) is 30.4 Å². The minimum atomic E-state index is 0.502. The molecule has 9 heavy (non-hydrogen) atoms. The lowest BCUT2D eigenvalue weighted by atomic mass is 10.2. The van der Waals surface area contributed by atoms with Crippen molar-refractivity contribution in [3.05, 3.63) is 0 Å². The van der Waals surface area contributed by atoms with Gasteiger partial charge >= 0.3 is 0 Å². The van der Waals surface area contributed by atoms with Crippen LogP contribution in [0.3, 0.4) is 0 Å². The fourth-order valence-corrected chi connectivity index (χ4v) is 1.59. The maximum atomic E-state index is 5.64.